The number of nitrogens with zero attached hydrogens (tertiary/aromatic N) is 3. The first-order valence-corrected chi connectivity index (χ1v) is 22.9. The number of benzene rings is 6. The molecule has 2 aromatic heterocycles. The minimum absolute atomic E-state index is 0.00447. The summed E-state index contributed by atoms with van der Waals surface area (Å²) in [4.78, 5) is 10.4. The Bertz CT molecular complexity index is 3390. The lowest BCUT2D eigenvalue weighted by Gasteiger charge is -2.28. The van der Waals surface area contributed by atoms with Gasteiger partial charge in [-0.25, -0.2) is 4.98 Å². The van der Waals surface area contributed by atoms with Gasteiger partial charge in [-0.1, -0.05) is 189 Å². The Balaban J connectivity index is 1.51. The van der Waals surface area contributed by atoms with E-state index >= 15 is 0 Å². The summed E-state index contributed by atoms with van der Waals surface area (Å²) in [5.41, 5.74) is 5.95. The molecular formula is C62H69N3O. The van der Waals surface area contributed by atoms with Gasteiger partial charge in [0.1, 0.15) is 11.6 Å². The standard InChI is InChI=1S/C62H69N3O/c1-58(2,3)45-27-24-40(25-28-45)42-30-31-63-52(36-42)44-32-43(33-46(34-44)59(4,5)6)48-22-19-23-54-55(48)64-57(49-37-47(60(7,8)9)38-51(56(49)66)62(13,14)15)65(54)53-29-26-41(35-50(53)61(10,11)12)39-20-17-16-18-21-39/h16-38,66H,1-15H3/i10D3,11D3,12D3. The smallest absolute Gasteiger partial charge is 0.149 e. The number of aromatic hydroxyl groups is 1. The molecule has 0 bridgehead atoms. The molecular weight excluding hydrogens is 803 g/mol. The number of para-hydroxylation sites is 1. The van der Waals surface area contributed by atoms with Crippen LogP contribution in [0.2, 0.25) is 0 Å². The number of fused-ring (bicyclic) bond motifs is 1. The van der Waals surface area contributed by atoms with Gasteiger partial charge < -0.3 is 5.11 Å². The van der Waals surface area contributed by atoms with Crippen LogP contribution in [0.15, 0.2) is 140 Å². The van der Waals surface area contributed by atoms with Crippen molar-refractivity contribution in [1.29, 1.82) is 0 Å². The lowest BCUT2D eigenvalue weighted by molar-refractivity contribution is 0.446. The third-order valence-electron chi connectivity index (χ3n) is 12.7. The van der Waals surface area contributed by atoms with E-state index in [0.717, 1.165) is 39.1 Å². The van der Waals surface area contributed by atoms with Crippen molar-refractivity contribution in [1.82, 2.24) is 14.5 Å². The first-order chi connectivity index (χ1) is 34.5. The van der Waals surface area contributed by atoms with Crippen LogP contribution in [0.4, 0.5) is 0 Å². The van der Waals surface area contributed by atoms with E-state index in [9.17, 15) is 5.11 Å². The van der Waals surface area contributed by atoms with Crippen molar-refractivity contribution in [2.45, 2.75) is 131 Å². The molecule has 2 heterocycles. The maximum atomic E-state index is 12.7. The summed E-state index contributed by atoms with van der Waals surface area (Å²) in [6, 6.07) is 42.3. The summed E-state index contributed by atoms with van der Waals surface area (Å²) in [6.07, 6.45) is 1.82. The minimum Gasteiger partial charge on any atom is -0.507 e. The van der Waals surface area contributed by atoms with Gasteiger partial charge in [0.15, 0.2) is 0 Å². The van der Waals surface area contributed by atoms with Crippen LogP contribution in [0, 0.1) is 0 Å². The Kier molecular flexibility index (Phi) is 9.02. The number of phenols is 1. The van der Waals surface area contributed by atoms with Gasteiger partial charge in [0.2, 0.25) is 0 Å². The summed E-state index contributed by atoms with van der Waals surface area (Å²) >= 11 is 0. The molecule has 0 atom stereocenters. The van der Waals surface area contributed by atoms with Gasteiger partial charge in [0.25, 0.3) is 0 Å². The Morgan fingerprint density at radius 1 is 0.455 bits per heavy atom. The average Bonchev–Trinajstić information content (AvgIpc) is 3.68. The Morgan fingerprint density at radius 3 is 1.70 bits per heavy atom. The quantitative estimate of drug-likeness (QED) is 0.181. The van der Waals surface area contributed by atoms with Crippen molar-refractivity contribution in [3.05, 3.63) is 167 Å². The largest absolute Gasteiger partial charge is 0.507 e. The molecule has 6 aromatic carbocycles. The van der Waals surface area contributed by atoms with Crippen molar-refractivity contribution in [3.63, 3.8) is 0 Å². The molecule has 1 N–H and O–H groups in total. The fourth-order valence-corrected chi connectivity index (χ4v) is 8.70. The van der Waals surface area contributed by atoms with Crippen LogP contribution in [-0.2, 0) is 27.1 Å². The highest BCUT2D eigenvalue weighted by molar-refractivity contribution is 5.97. The first-order valence-electron chi connectivity index (χ1n) is 27.4. The normalized spacial score (nSPS) is 15.4. The van der Waals surface area contributed by atoms with Crippen molar-refractivity contribution >= 4 is 11.0 Å². The molecule has 0 saturated heterocycles. The molecule has 0 fully saturated rings. The number of aromatic nitrogens is 3. The topological polar surface area (TPSA) is 50.9 Å². The van der Waals surface area contributed by atoms with E-state index in [4.69, 9.17) is 22.3 Å². The van der Waals surface area contributed by atoms with Gasteiger partial charge >= 0.3 is 0 Å². The van der Waals surface area contributed by atoms with Crippen molar-refractivity contribution < 1.29 is 17.4 Å². The number of phenolic OH excluding ortho intramolecular Hbond substituents is 1. The highest BCUT2D eigenvalue weighted by Crippen LogP contribution is 2.46. The molecule has 4 nitrogen and oxygen atoms in total. The van der Waals surface area contributed by atoms with E-state index in [1.807, 2.05) is 69.4 Å². The molecule has 0 saturated carbocycles. The third-order valence-corrected chi connectivity index (χ3v) is 12.7. The Hall–Kier alpha value is -6.26. The van der Waals surface area contributed by atoms with E-state index in [1.165, 1.54) is 11.6 Å². The van der Waals surface area contributed by atoms with Gasteiger partial charge in [-0.3, -0.25) is 9.55 Å². The molecule has 338 valence electrons. The molecule has 0 aliphatic carbocycles. The summed E-state index contributed by atoms with van der Waals surface area (Å²) in [6.45, 7) is 14.4. The fourth-order valence-electron chi connectivity index (χ4n) is 8.70. The van der Waals surface area contributed by atoms with Crippen LogP contribution in [0.1, 0.15) is 144 Å². The molecule has 0 unspecified atom stereocenters. The maximum Gasteiger partial charge on any atom is 0.149 e. The van der Waals surface area contributed by atoms with Gasteiger partial charge in [-0.2, -0.15) is 0 Å². The van der Waals surface area contributed by atoms with Crippen LogP contribution in [0.3, 0.4) is 0 Å². The zero-order valence-corrected chi connectivity index (χ0v) is 40.6. The van der Waals surface area contributed by atoms with Gasteiger partial charge in [-0.15, -0.1) is 0 Å². The Labute approximate surface area is 407 Å². The van der Waals surface area contributed by atoms with Gasteiger partial charge in [0.05, 0.1) is 28.0 Å². The number of hydrogen-bond donors (Lipinski definition) is 1. The zero-order chi connectivity index (χ0) is 55.2. The van der Waals surface area contributed by atoms with Crippen LogP contribution in [0.25, 0.3) is 72.7 Å². The molecule has 0 aliphatic rings. The number of hydrogen-bond acceptors (Lipinski definition) is 3. The van der Waals surface area contributed by atoms with Crippen LogP contribution in [-0.4, -0.2) is 19.6 Å². The molecule has 0 radical (unpaired) electrons. The molecule has 0 spiro atoms. The number of pyridine rings is 1. The molecule has 4 heteroatoms. The molecule has 0 amide bonds. The van der Waals surface area contributed by atoms with E-state index in [-0.39, 0.29) is 28.1 Å². The van der Waals surface area contributed by atoms with Crippen LogP contribution >= 0.6 is 0 Å². The van der Waals surface area contributed by atoms with Crippen molar-refractivity contribution in [2.24, 2.45) is 0 Å². The lowest BCUT2D eigenvalue weighted by atomic mass is 9.78. The summed E-state index contributed by atoms with van der Waals surface area (Å²) in [5.74, 6) is 0.0932. The van der Waals surface area contributed by atoms with Gasteiger partial charge in [-0.05, 0) is 126 Å². The van der Waals surface area contributed by atoms with Crippen LogP contribution < -0.4 is 0 Å². The predicted molar refractivity (Wildman–Crippen MR) is 281 cm³/mol. The van der Waals surface area contributed by atoms with Crippen LogP contribution in [0.5, 0.6) is 5.75 Å². The molecule has 0 aliphatic heterocycles. The van der Waals surface area contributed by atoms with E-state index in [1.54, 1.807) is 41.0 Å². The van der Waals surface area contributed by atoms with E-state index < -0.39 is 42.4 Å². The maximum absolute atomic E-state index is 12.7. The van der Waals surface area contributed by atoms with E-state index in [2.05, 4.69) is 111 Å². The molecule has 66 heavy (non-hydrogen) atoms. The minimum atomic E-state index is -3.60. The SMILES string of the molecule is [2H]C([2H])([2H])C(c1cc(-c2ccccc2)ccc1-n1c(-c2cc(C(C)(C)C)cc(C(C)(C)C)c2O)nc2c(-c3cc(-c4cc(-c5ccc(C(C)(C)C)cc5)ccn4)cc(C(C)(C)C)c3)cccc21)(C([2H])([2H])[2H])C([2H])([2H])[2H]. The number of imidazole rings is 1. The Morgan fingerprint density at radius 2 is 1.06 bits per heavy atom. The molecule has 8 aromatic rings. The summed E-state index contributed by atoms with van der Waals surface area (Å²) < 4.78 is 83.0. The van der Waals surface area contributed by atoms with Crippen molar-refractivity contribution in [2.75, 3.05) is 0 Å². The summed E-state index contributed by atoms with van der Waals surface area (Å²) in [7, 11) is 0. The monoisotopic (exact) mass is 881 g/mol. The second-order valence-electron chi connectivity index (χ2n) is 22.0. The molecule has 8 rings (SSSR count). The lowest BCUT2D eigenvalue weighted by Crippen LogP contribution is -2.18. The van der Waals surface area contributed by atoms with Gasteiger partial charge in [0, 0.05) is 35.2 Å². The average molecular weight is 881 g/mol. The van der Waals surface area contributed by atoms with E-state index in [0.29, 0.717) is 38.9 Å². The highest BCUT2D eigenvalue weighted by atomic mass is 16.3. The highest BCUT2D eigenvalue weighted by Gasteiger charge is 2.31. The van der Waals surface area contributed by atoms with Crippen molar-refractivity contribution in [3.8, 4) is 67.5 Å². The number of rotatable bonds is 6. The summed E-state index contributed by atoms with van der Waals surface area (Å²) in [5, 5.41) is 12.7. The first kappa shape index (κ1) is 35.9. The fraction of sp³-hybridized carbons (Fsp3) is 0.323. The predicted octanol–water partition coefficient (Wildman–Crippen LogP) is 16.9. The second-order valence-corrected chi connectivity index (χ2v) is 22.0. The third kappa shape index (κ3) is 9.12. The zero-order valence-electron chi connectivity index (χ0n) is 49.6. The second kappa shape index (κ2) is 16.6.